The van der Waals surface area contributed by atoms with Gasteiger partial charge in [0.25, 0.3) is 0 Å². The lowest BCUT2D eigenvalue weighted by Crippen LogP contribution is -2.39. The largest absolute Gasteiger partial charge is 0.396 e. The number of aliphatic hydroxyl groups excluding tert-OH is 1. The normalized spacial score (nSPS) is 39.5. The maximum Gasteiger partial charge on any atom is 0.0578 e. The summed E-state index contributed by atoms with van der Waals surface area (Å²) in [5.41, 5.74) is 0. The smallest absolute Gasteiger partial charge is 0.0578 e. The van der Waals surface area contributed by atoms with Crippen molar-refractivity contribution in [3.05, 3.63) is 0 Å². The Labute approximate surface area is 194 Å². The second-order valence-corrected chi connectivity index (χ2v) is 11.8. The van der Waals surface area contributed by atoms with Gasteiger partial charge in [-0.1, -0.05) is 72.1 Å². The third-order valence-electron chi connectivity index (χ3n) is 9.72. The molecular formula is C29H54O2. The van der Waals surface area contributed by atoms with E-state index in [9.17, 15) is 0 Å². The van der Waals surface area contributed by atoms with Crippen molar-refractivity contribution in [2.45, 2.75) is 130 Å². The monoisotopic (exact) mass is 434 g/mol. The van der Waals surface area contributed by atoms with Gasteiger partial charge in [-0.05, 0) is 92.8 Å². The molecule has 0 bridgehead atoms. The SMILES string of the molecule is CCC1CC(CCCCCO)CCC1C1CCC(OCC2CCC(C)CC2)CC1CC. The highest BCUT2D eigenvalue weighted by atomic mass is 16.5. The van der Waals surface area contributed by atoms with E-state index in [0.29, 0.717) is 12.7 Å². The van der Waals surface area contributed by atoms with Gasteiger partial charge in [-0.25, -0.2) is 0 Å². The van der Waals surface area contributed by atoms with Gasteiger partial charge in [0.05, 0.1) is 6.10 Å². The molecule has 1 N–H and O–H groups in total. The van der Waals surface area contributed by atoms with Gasteiger partial charge in [-0.3, -0.25) is 0 Å². The molecule has 0 saturated heterocycles. The van der Waals surface area contributed by atoms with Crippen molar-refractivity contribution in [1.29, 1.82) is 0 Å². The second kappa shape index (κ2) is 13.6. The maximum atomic E-state index is 9.03. The van der Waals surface area contributed by atoms with Crippen LogP contribution in [0.2, 0.25) is 0 Å². The van der Waals surface area contributed by atoms with Crippen LogP contribution in [-0.2, 0) is 4.74 Å². The first kappa shape index (κ1) is 25.5. The Kier molecular flexibility index (Phi) is 11.2. The first-order valence-electron chi connectivity index (χ1n) is 14.4. The molecule has 182 valence electrons. The molecule has 0 aliphatic heterocycles. The number of hydrogen-bond acceptors (Lipinski definition) is 2. The summed E-state index contributed by atoms with van der Waals surface area (Å²) < 4.78 is 6.54. The molecular weight excluding hydrogens is 380 g/mol. The highest BCUT2D eigenvalue weighted by molar-refractivity contribution is 4.90. The van der Waals surface area contributed by atoms with Crippen molar-refractivity contribution in [3.63, 3.8) is 0 Å². The van der Waals surface area contributed by atoms with Crippen LogP contribution < -0.4 is 0 Å². The summed E-state index contributed by atoms with van der Waals surface area (Å²) in [4.78, 5) is 0. The minimum atomic E-state index is 0.370. The van der Waals surface area contributed by atoms with E-state index in [0.717, 1.165) is 54.5 Å². The minimum absolute atomic E-state index is 0.370. The molecule has 3 aliphatic carbocycles. The zero-order chi connectivity index (χ0) is 22.1. The van der Waals surface area contributed by atoms with Crippen LogP contribution in [0.25, 0.3) is 0 Å². The molecule has 31 heavy (non-hydrogen) atoms. The molecule has 6 atom stereocenters. The summed E-state index contributed by atoms with van der Waals surface area (Å²) in [6.07, 6.45) is 22.4. The van der Waals surface area contributed by atoms with Gasteiger partial charge in [0.15, 0.2) is 0 Å². The Morgan fingerprint density at radius 1 is 0.710 bits per heavy atom. The van der Waals surface area contributed by atoms with Crippen molar-refractivity contribution in [2.75, 3.05) is 13.2 Å². The molecule has 3 aliphatic rings. The van der Waals surface area contributed by atoms with Gasteiger partial charge >= 0.3 is 0 Å². The second-order valence-electron chi connectivity index (χ2n) is 11.8. The summed E-state index contributed by atoms with van der Waals surface area (Å²) >= 11 is 0. The molecule has 0 aromatic rings. The van der Waals surface area contributed by atoms with Crippen LogP contribution in [-0.4, -0.2) is 24.4 Å². The van der Waals surface area contributed by atoms with Crippen LogP contribution in [0.4, 0.5) is 0 Å². The number of aliphatic hydroxyl groups is 1. The fraction of sp³-hybridized carbons (Fsp3) is 1.00. The molecule has 2 heteroatoms. The molecule has 0 amide bonds. The van der Waals surface area contributed by atoms with Gasteiger partial charge in [-0.2, -0.15) is 0 Å². The first-order chi connectivity index (χ1) is 15.1. The lowest BCUT2D eigenvalue weighted by atomic mass is 9.60. The third kappa shape index (κ3) is 7.73. The molecule has 0 aromatic carbocycles. The summed E-state index contributed by atoms with van der Waals surface area (Å²) in [6.45, 7) is 8.72. The van der Waals surface area contributed by atoms with Crippen molar-refractivity contribution >= 4 is 0 Å². The van der Waals surface area contributed by atoms with Gasteiger partial charge in [0.2, 0.25) is 0 Å². The predicted octanol–water partition coefficient (Wildman–Crippen LogP) is 8.02. The van der Waals surface area contributed by atoms with Crippen molar-refractivity contribution in [2.24, 2.45) is 41.4 Å². The van der Waals surface area contributed by atoms with E-state index >= 15 is 0 Å². The fourth-order valence-corrected chi connectivity index (χ4v) is 7.60. The van der Waals surface area contributed by atoms with E-state index < -0.39 is 0 Å². The number of ether oxygens (including phenoxy) is 1. The van der Waals surface area contributed by atoms with E-state index in [2.05, 4.69) is 20.8 Å². The Morgan fingerprint density at radius 3 is 2.03 bits per heavy atom. The van der Waals surface area contributed by atoms with Crippen LogP contribution in [0.3, 0.4) is 0 Å². The van der Waals surface area contributed by atoms with Gasteiger partial charge in [-0.15, -0.1) is 0 Å². The molecule has 0 aromatic heterocycles. The van der Waals surface area contributed by atoms with Crippen molar-refractivity contribution < 1.29 is 9.84 Å². The topological polar surface area (TPSA) is 29.5 Å². The Balaban J connectivity index is 1.44. The Bertz CT molecular complexity index is 469. The zero-order valence-corrected chi connectivity index (χ0v) is 21.2. The zero-order valence-electron chi connectivity index (χ0n) is 21.2. The van der Waals surface area contributed by atoms with E-state index in [4.69, 9.17) is 9.84 Å². The van der Waals surface area contributed by atoms with Gasteiger partial charge in [0.1, 0.15) is 0 Å². The molecule has 3 saturated carbocycles. The van der Waals surface area contributed by atoms with E-state index in [-0.39, 0.29) is 0 Å². The summed E-state index contributed by atoms with van der Waals surface area (Å²) in [5.74, 6) is 6.52. The number of rotatable bonds is 11. The van der Waals surface area contributed by atoms with Crippen molar-refractivity contribution in [1.82, 2.24) is 0 Å². The van der Waals surface area contributed by atoms with E-state index in [1.807, 2.05) is 0 Å². The van der Waals surface area contributed by atoms with Crippen molar-refractivity contribution in [3.8, 4) is 0 Å². The first-order valence-corrected chi connectivity index (χ1v) is 14.4. The molecule has 2 nitrogen and oxygen atoms in total. The summed E-state index contributed by atoms with van der Waals surface area (Å²) in [5, 5.41) is 9.03. The van der Waals surface area contributed by atoms with Crippen LogP contribution in [0.15, 0.2) is 0 Å². The Hall–Kier alpha value is -0.0800. The average molecular weight is 435 g/mol. The summed E-state index contributed by atoms with van der Waals surface area (Å²) in [6, 6.07) is 0. The lowest BCUT2D eigenvalue weighted by molar-refractivity contribution is -0.0457. The van der Waals surface area contributed by atoms with Crippen LogP contribution in [0.5, 0.6) is 0 Å². The minimum Gasteiger partial charge on any atom is -0.396 e. The van der Waals surface area contributed by atoms with Gasteiger partial charge < -0.3 is 9.84 Å². The van der Waals surface area contributed by atoms with Gasteiger partial charge in [0, 0.05) is 13.2 Å². The van der Waals surface area contributed by atoms with Crippen LogP contribution in [0.1, 0.15) is 124 Å². The van der Waals surface area contributed by atoms with E-state index in [1.54, 1.807) is 0 Å². The van der Waals surface area contributed by atoms with Crippen LogP contribution >= 0.6 is 0 Å². The average Bonchev–Trinajstić information content (AvgIpc) is 2.81. The highest BCUT2D eigenvalue weighted by Gasteiger charge is 2.40. The fourth-order valence-electron chi connectivity index (χ4n) is 7.60. The number of unbranched alkanes of at least 4 members (excludes halogenated alkanes) is 2. The molecule has 6 unspecified atom stereocenters. The molecule has 0 heterocycles. The molecule has 0 spiro atoms. The quantitative estimate of drug-likeness (QED) is 0.334. The van der Waals surface area contributed by atoms with E-state index in [1.165, 1.54) is 96.3 Å². The Morgan fingerprint density at radius 2 is 1.35 bits per heavy atom. The predicted molar refractivity (Wildman–Crippen MR) is 132 cm³/mol. The molecule has 3 fully saturated rings. The lowest BCUT2D eigenvalue weighted by Gasteiger charge is -2.46. The van der Waals surface area contributed by atoms with Crippen LogP contribution in [0, 0.1) is 41.4 Å². The molecule has 3 rings (SSSR count). The third-order valence-corrected chi connectivity index (χ3v) is 9.72. The highest BCUT2D eigenvalue weighted by Crippen LogP contribution is 2.48. The molecule has 0 radical (unpaired) electrons. The number of hydrogen-bond donors (Lipinski definition) is 1. The maximum absolute atomic E-state index is 9.03. The summed E-state index contributed by atoms with van der Waals surface area (Å²) in [7, 11) is 0. The standard InChI is InChI=1S/C29H54O2/c1-4-25-19-23(9-7-6-8-18-30)14-16-28(25)29-17-15-27(20-26(29)5-2)31-21-24-12-10-22(3)11-13-24/h22-30H,4-21H2,1-3H3.